The van der Waals surface area contributed by atoms with Gasteiger partial charge in [0.1, 0.15) is 11.9 Å². The molecule has 0 fully saturated rings. The van der Waals surface area contributed by atoms with Gasteiger partial charge < -0.3 is 14.8 Å². The van der Waals surface area contributed by atoms with Crippen molar-refractivity contribution in [2.45, 2.75) is 32.8 Å². The summed E-state index contributed by atoms with van der Waals surface area (Å²) < 4.78 is 11.4. The van der Waals surface area contributed by atoms with Crippen molar-refractivity contribution in [2.24, 2.45) is 5.92 Å². The summed E-state index contributed by atoms with van der Waals surface area (Å²) in [6, 6.07) is 5.83. The molecular formula is C16H24ClNO2. The average molecular weight is 298 g/mol. The quantitative estimate of drug-likeness (QED) is 0.747. The predicted molar refractivity (Wildman–Crippen MR) is 82.7 cm³/mol. The summed E-state index contributed by atoms with van der Waals surface area (Å²) in [5, 5.41) is 4.21. The van der Waals surface area contributed by atoms with Crippen LogP contribution in [0.5, 0.6) is 5.75 Å². The summed E-state index contributed by atoms with van der Waals surface area (Å²) in [4.78, 5) is 0. The third-order valence-electron chi connectivity index (χ3n) is 3.23. The van der Waals surface area contributed by atoms with Crippen LogP contribution in [0.15, 0.2) is 18.2 Å². The van der Waals surface area contributed by atoms with Crippen LogP contribution in [0.4, 0.5) is 0 Å². The van der Waals surface area contributed by atoms with Crippen LogP contribution in [0.3, 0.4) is 0 Å². The zero-order valence-corrected chi connectivity index (χ0v) is 13.1. The Kier molecular flexibility index (Phi) is 6.14. The Morgan fingerprint density at radius 1 is 1.45 bits per heavy atom. The Morgan fingerprint density at radius 2 is 2.30 bits per heavy atom. The maximum atomic E-state index is 5.98. The highest BCUT2D eigenvalue weighted by molar-refractivity contribution is 6.30. The van der Waals surface area contributed by atoms with E-state index in [1.807, 2.05) is 18.2 Å². The molecule has 2 rings (SSSR count). The Bertz CT molecular complexity index is 423. The Balaban J connectivity index is 1.56. The van der Waals surface area contributed by atoms with Gasteiger partial charge in [-0.1, -0.05) is 25.4 Å². The summed E-state index contributed by atoms with van der Waals surface area (Å²) in [7, 11) is 0. The van der Waals surface area contributed by atoms with Gasteiger partial charge in [0, 0.05) is 31.2 Å². The Morgan fingerprint density at radius 3 is 3.10 bits per heavy atom. The van der Waals surface area contributed by atoms with Crippen molar-refractivity contribution in [3.05, 3.63) is 28.8 Å². The van der Waals surface area contributed by atoms with E-state index in [2.05, 4.69) is 19.2 Å². The Labute approximate surface area is 126 Å². The van der Waals surface area contributed by atoms with Gasteiger partial charge in [-0.3, -0.25) is 0 Å². The molecule has 1 N–H and O–H groups in total. The minimum Gasteiger partial charge on any atom is -0.488 e. The molecule has 4 heteroatoms. The van der Waals surface area contributed by atoms with E-state index in [9.17, 15) is 0 Å². The smallest absolute Gasteiger partial charge is 0.123 e. The lowest BCUT2D eigenvalue weighted by Crippen LogP contribution is -2.31. The summed E-state index contributed by atoms with van der Waals surface area (Å²) in [6.07, 6.45) is 2.20. The molecule has 1 aliphatic heterocycles. The first-order valence-corrected chi connectivity index (χ1v) is 7.76. The first kappa shape index (κ1) is 15.6. The number of rotatable bonds is 8. The molecule has 1 aliphatic rings. The maximum absolute atomic E-state index is 5.98. The van der Waals surface area contributed by atoms with Crippen LogP contribution in [0.2, 0.25) is 5.02 Å². The molecule has 3 nitrogen and oxygen atoms in total. The summed E-state index contributed by atoms with van der Waals surface area (Å²) in [5.41, 5.74) is 1.21. The Hall–Kier alpha value is -0.770. The third-order valence-corrected chi connectivity index (χ3v) is 3.46. The van der Waals surface area contributed by atoms with Gasteiger partial charge in [-0.25, -0.2) is 0 Å². The molecular weight excluding hydrogens is 274 g/mol. The first-order chi connectivity index (χ1) is 9.65. The zero-order chi connectivity index (χ0) is 14.4. The average Bonchev–Trinajstić information content (AvgIpc) is 2.79. The monoisotopic (exact) mass is 297 g/mol. The molecule has 0 spiro atoms. The second-order valence-corrected chi connectivity index (χ2v) is 6.16. The van der Waals surface area contributed by atoms with E-state index in [0.29, 0.717) is 5.92 Å². The number of fused-ring (bicyclic) bond motifs is 1. The van der Waals surface area contributed by atoms with Crippen molar-refractivity contribution in [3.63, 3.8) is 0 Å². The second-order valence-electron chi connectivity index (χ2n) is 5.72. The van der Waals surface area contributed by atoms with E-state index in [1.165, 1.54) is 5.56 Å². The van der Waals surface area contributed by atoms with Gasteiger partial charge >= 0.3 is 0 Å². The van der Waals surface area contributed by atoms with Crippen molar-refractivity contribution >= 4 is 11.6 Å². The van der Waals surface area contributed by atoms with E-state index < -0.39 is 0 Å². The fourth-order valence-electron chi connectivity index (χ4n) is 2.28. The molecule has 1 atom stereocenters. The molecule has 0 aliphatic carbocycles. The molecule has 0 radical (unpaired) electrons. The molecule has 20 heavy (non-hydrogen) atoms. The lowest BCUT2D eigenvalue weighted by Gasteiger charge is -2.12. The maximum Gasteiger partial charge on any atom is 0.123 e. The minimum atomic E-state index is 0.222. The first-order valence-electron chi connectivity index (χ1n) is 7.38. The molecule has 1 aromatic carbocycles. The van der Waals surface area contributed by atoms with Crippen LogP contribution in [-0.4, -0.2) is 32.4 Å². The number of ether oxygens (including phenoxy) is 2. The lowest BCUT2D eigenvalue weighted by molar-refractivity contribution is 0.107. The van der Waals surface area contributed by atoms with Crippen LogP contribution in [0, 0.1) is 5.92 Å². The van der Waals surface area contributed by atoms with Crippen molar-refractivity contribution in [2.75, 3.05) is 26.3 Å². The highest BCUT2D eigenvalue weighted by Gasteiger charge is 2.22. The minimum absolute atomic E-state index is 0.222. The fraction of sp³-hybridized carbons (Fsp3) is 0.625. The predicted octanol–water partition coefficient (Wildman–Crippen LogP) is 3.30. The van der Waals surface area contributed by atoms with E-state index in [0.717, 1.165) is 49.9 Å². The molecule has 1 aromatic rings. The van der Waals surface area contributed by atoms with Gasteiger partial charge in [-0.2, -0.15) is 0 Å². The molecule has 0 amide bonds. The van der Waals surface area contributed by atoms with Crippen LogP contribution in [0.25, 0.3) is 0 Å². The van der Waals surface area contributed by atoms with Gasteiger partial charge in [-0.05, 0) is 42.6 Å². The number of hydrogen-bond acceptors (Lipinski definition) is 3. The third kappa shape index (κ3) is 4.97. The molecule has 1 unspecified atom stereocenters. The van der Waals surface area contributed by atoms with Gasteiger partial charge in [0.2, 0.25) is 0 Å². The number of halogens is 1. The van der Waals surface area contributed by atoms with Crippen LogP contribution < -0.4 is 10.1 Å². The summed E-state index contributed by atoms with van der Waals surface area (Å²) >= 11 is 5.98. The van der Waals surface area contributed by atoms with Crippen LogP contribution in [-0.2, 0) is 11.2 Å². The van der Waals surface area contributed by atoms with Crippen molar-refractivity contribution in [3.8, 4) is 5.75 Å². The molecule has 0 saturated heterocycles. The van der Waals surface area contributed by atoms with Crippen molar-refractivity contribution < 1.29 is 9.47 Å². The van der Waals surface area contributed by atoms with E-state index in [4.69, 9.17) is 21.1 Å². The second kappa shape index (κ2) is 7.87. The van der Waals surface area contributed by atoms with Crippen LogP contribution >= 0.6 is 11.6 Å². The largest absolute Gasteiger partial charge is 0.488 e. The van der Waals surface area contributed by atoms with E-state index >= 15 is 0 Å². The topological polar surface area (TPSA) is 30.5 Å². The fourth-order valence-corrected chi connectivity index (χ4v) is 2.48. The molecule has 0 bridgehead atoms. The van der Waals surface area contributed by atoms with Gasteiger partial charge in [0.05, 0.1) is 0 Å². The number of benzene rings is 1. The van der Waals surface area contributed by atoms with Gasteiger partial charge in [0.25, 0.3) is 0 Å². The number of hydrogen-bond donors (Lipinski definition) is 1. The van der Waals surface area contributed by atoms with E-state index in [1.54, 1.807) is 0 Å². The van der Waals surface area contributed by atoms with Gasteiger partial charge in [0.15, 0.2) is 0 Å². The molecule has 0 aromatic heterocycles. The highest BCUT2D eigenvalue weighted by Crippen LogP contribution is 2.30. The zero-order valence-electron chi connectivity index (χ0n) is 12.3. The van der Waals surface area contributed by atoms with Gasteiger partial charge in [-0.15, -0.1) is 0 Å². The summed E-state index contributed by atoms with van der Waals surface area (Å²) in [5.74, 6) is 1.58. The van der Waals surface area contributed by atoms with Crippen molar-refractivity contribution in [1.82, 2.24) is 5.32 Å². The molecule has 1 heterocycles. The normalized spacial score (nSPS) is 17.3. The highest BCUT2D eigenvalue weighted by atomic mass is 35.5. The van der Waals surface area contributed by atoms with Crippen molar-refractivity contribution in [1.29, 1.82) is 0 Å². The van der Waals surface area contributed by atoms with E-state index in [-0.39, 0.29) is 6.10 Å². The standard InChI is InChI=1S/C16H24ClNO2/c1-12(2)11-19-7-3-6-18-10-15-9-13-8-14(17)4-5-16(13)20-15/h4-5,8,12,15,18H,3,6-7,9-11H2,1-2H3. The molecule has 0 saturated carbocycles. The molecule has 112 valence electrons. The summed E-state index contributed by atoms with van der Waals surface area (Å²) in [6.45, 7) is 7.85. The lowest BCUT2D eigenvalue weighted by atomic mass is 10.1. The van der Waals surface area contributed by atoms with Crippen LogP contribution in [0.1, 0.15) is 25.8 Å². The SMILES string of the molecule is CC(C)COCCCNCC1Cc2cc(Cl)ccc2O1. The number of nitrogens with one attached hydrogen (secondary N) is 1.